The summed E-state index contributed by atoms with van der Waals surface area (Å²) >= 11 is 9.30. The van der Waals surface area contributed by atoms with Gasteiger partial charge in [0.25, 0.3) is 5.91 Å². The molecule has 0 aliphatic carbocycles. The van der Waals surface area contributed by atoms with Crippen molar-refractivity contribution in [1.82, 2.24) is 10.2 Å². The van der Waals surface area contributed by atoms with Gasteiger partial charge in [0.15, 0.2) is 6.10 Å². The summed E-state index contributed by atoms with van der Waals surface area (Å²) in [4.78, 5) is 14.6. The Morgan fingerprint density at radius 2 is 2.33 bits per heavy atom. The number of hydrogen-bond donors (Lipinski definition) is 1. The average Bonchev–Trinajstić information content (AvgIpc) is 2.54. The van der Waals surface area contributed by atoms with Gasteiger partial charge in [0.05, 0.1) is 4.47 Å². The van der Waals surface area contributed by atoms with Crippen LogP contribution in [0.25, 0.3) is 0 Å². The van der Waals surface area contributed by atoms with Gasteiger partial charge in [0.2, 0.25) is 0 Å². The summed E-state index contributed by atoms with van der Waals surface area (Å²) in [6, 6.07) is 5.25. The van der Waals surface area contributed by atoms with E-state index in [1.54, 1.807) is 25.1 Å². The maximum Gasteiger partial charge on any atom is 0.260 e. The molecule has 6 heteroatoms. The Hall–Kier alpha value is -0.780. The van der Waals surface area contributed by atoms with Crippen LogP contribution in [0.15, 0.2) is 22.7 Å². The molecule has 1 fully saturated rings. The summed E-state index contributed by atoms with van der Waals surface area (Å²) < 4.78 is 6.44. The van der Waals surface area contributed by atoms with E-state index >= 15 is 0 Å². The molecule has 0 radical (unpaired) electrons. The van der Waals surface area contributed by atoms with Crippen LogP contribution in [0.4, 0.5) is 0 Å². The van der Waals surface area contributed by atoms with Crippen molar-refractivity contribution in [2.24, 2.45) is 5.92 Å². The van der Waals surface area contributed by atoms with E-state index in [0.717, 1.165) is 23.4 Å². The third-order valence-corrected chi connectivity index (χ3v) is 5.11. The molecule has 1 aliphatic heterocycles. The molecule has 1 aliphatic rings. The van der Waals surface area contributed by atoms with Gasteiger partial charge in [-0.25, -0.2) is 0 Å². The van der Waals surface area contributed by atoms with Gasteiger partial charge in [-0.1, -0.05) is 18.5 Å². The van der Waals surface area contributed by atoms with Crippen molar-refractivity contribution in [2.45, 2.75) is 39.2 Å². The fourth-order valence-electron chi connectivity index (χ4n) is 2.96. The summed E-state index contributed by atoms with van der Waals surface area (Å²) in [7, 11) is 0. The van der Waals surface area contributed by atoms with Crippen LogP contribution in [0.5, 0.6) is 5.75 Å². The Morgan fingerprint density at radius 1 is 1.54 bits per heavy atom. The molecule has 1 N–H and O–H groups in total. The lowest BCUT2D eigenvalue weighted by Crippen LogP contribution is -2.39. The predicted molar refractivity (Wildman–Crippen MR) is 102 cm³/mol. The third-order valence-electron chi connectivity index (χ3n) is 4.26. The molecule has 2 rings (SSSR count). The number of halogens is 2. The van der Waals surface area contributed by atoms with Crippen LogP contribution in [0.2, 0.25) is 5.02 Å². The summed E-state index contributed by atoms with van der Waals surface area (Å²) in [5.41, 5.74) is 0. The monoisotopic (exact) mass is 416 g/mol. The number of nitrogens with zero attached hydrogens (tertiary/aromatic N) is 1. The van der Waals surface area contributed by atoms with Crippen LogP contribution < -0.4 is 10.1 Å². The molecule has 0 bridgehead atoms. The minimum Gasteiger partial charge on any atom is -0.480 e. The van der Waals surface area contributed by atoms with Crippen LogP contribution in [-0.2, 0) is 4.79 Å². The standard InChI is InChI=1S/C18H26BrClN2O2/c1-13-5-3-9-22(12-13)10-4-8-21-18(23)14(2)24-17-7-6-15(20)11-16(17)19/h6-7,11,13-14H,3-5,8-10,12H2,1-2H3,(H,21,23). The molecule has 4 nitrogen and oxygen atoms in total. The van der Waals surface area contributed by atoms with Gasteiger partial charge in [-0.15, -0.1) is 0 Å². The molecular formula is C18H26BrClN2O2. The number of hydrogen-bond acceptors (Lipinski definition) is 3. The second-order valence-corrected chi connectivity index (χ2v) is 7.82. The topological polar surface area (TPSA) is 41.6 Å². The van der Waals surface area contributed by atoms with Crippen LogP contribution >= 0.6 is 27.5 Å². The number of nitrogens with one attached hydrogen (secondary N) is 1. The van der Waals surface area contributed by atoms with Crippen molar-refractivity contribution in [3.63, 3.8) is 0 Å². The first-order chi connectivity index (χ1) is 11.5. The summed E-state index contributed by atoms with van der Waals surface area (Å²) in [6.45, 7) is 8.15. The molecule has 134 valence electrons. The highest BCUT2D eigenvalue weighted by molar-refractivity contribution is 9.10. The molecule has 1 aromatic carbocycles. The molecule has 0 spiro atoms. The van der Waals surface area contributed by atoms with Gasteiger partial charge in [0.1, 0.15) is 5.75 Å². The van der Waals surface area contributed by atoms with E-state index < -0.39 is 6.10 Å². The van der Waals surface area contributed by atoms with Crippen molar-refractivity contribution in [3.05, 3.63) is 27.7 Å². The highest BCUT2D eigenvalue weighted by Crippen LogP contribution is 2.28. The molecule has 1 heterocycles. The van der Waals surface area contributed by atoms with Crippen molar-refractivity contribution >= 4 is 33.4 Å². The number of piperidine rings is 1. The van der Waals surface area contributed by atoms with Gasteiger partial charge in [-0.2, -0.15) is 0 Å². The van der Waals surface area contributed by atoms with Crippen molar-refractivity contribution in [2.75, 3.05) is 26.2 Å². The van der Waals surface area contributed by atoms with E-state index in [0.29, 0.717) is 17.3 Å². The minimum atomic E-state index is -0.544. The zero-order valence-corrected chi connectivity index (χ0v) is 16.7. The average molecular weight is 418 g/mol. The highest BCUT2D eigenvalue weighted by Gasteiger charge is 2.17. The second kappa shape index (κ2) is 9.64. The van der Waals surface area contributed by atoms with E-state index in [4.69, 9.17) is 16.3 Å². The molecule has 2 unspecified atom stereocenters. The normalized spacial score (nSPS) is 19.8. The molecule has 1 amide bonds. The third kappa shape index (κ3) is 6.26. The van der Waals surface area contributed by atoms with E-state index in [1.165, 1.54) is 25.9 Å². The van der Waals surface area contributed by atoms with Crippen LogP contribution in [0.3, 0.4) is 0 Å². The van der Waals surface area contributed by atoms with Crippen molar-refractivity contribution in [3.8, 4) is 5.75 Å². The number of amides is 1. The van der Waals surface area contributed by atoms with Gasteiger partial charge < -0.3 is 15.0 Å². The van der Waals surface area contributed by atoms with E-state index in [2.05, 4.69) is 33.1 Å². The first-order valence-corrected chi connectivity index (χ1v) is 9.74. The highest BCUT2D eigenvalue weighted by atomic mass is 79.9. The van der Waals surface area contributed by atoms with Gasteiger partial charge in [-0.05, 0) is 79.3 Å². The zero-order chi connectivity index (χ0) is 17.5. The molecule has 0 saturated carbocycles. The van der Waals surface area contributed by atoms with E-state index in [9.17, 15) is 4.79 Å². The largest absolute Gasteiger partial charge is 0.480 e. The lowest BCUT2D eigenvalue weighted by Gasteiger charge is -2.30. The van der Waals surface area contributed by atoms with Crippen LogP contribution in [0, 0.1) is 5.92 Å². The molecular weight excluding hydrogens is 392 g/mol. The van der Waals surface area contributed by atoms with Crippen LogP contribution in [0.1, 0.15) is 33.1 Å². The van der Waals surface area contributed by atoms with Gasteiger partial charge in [-0.3, -0.25) is 4.79 Å². The summed E-state index contributed by atoms with van der Waals surface area (Å²) in [5, 5.41) is 3.58. The smallest absolute Gasteiger partial charge is 0.260 e. The fourth-order valence-corrected chi connectivity index (χ4v) is 3.74. The number of carbonyl (C=O) groups excluding carboxylic acids is 1. The summed E-state index contributed by atoms with van der Waals surface area (Å²) in [6.07, 6.45) is 3.05. The number of ether oxygens (including phenoxy) is 1. The lowest BCUT2D eigenvalue weighted by molar-refractivity contribution is -0.127. The predicted octanol–water partition coefficient (Wildman–Crippen LogP) is 4.11. The van der Waals surface area contributed by atoms with Gasteiger partial charge >= 0.3 is 0 Å². The van der Waals surface area contributed by atoms with Crippen molar-refractivity contribution < 1.29 is 9.53 Å². The number of likely N-dealkylation sites (tertiary alicyclic amines) is 1. The zero-order valence-electron chi connectivity index (χ0n) is 14.4. The molecule has 2 atom stereocenters. The minimum absolute atomic E-state index is 0.0936. The Kier molecular flexibility index (Phi) is 7.85. The quantitative estimate of drug-likeness (QED) is 0.679. The Labute approximate surface area is 158 Å². The Balaban J connectivity index is 1.68. The second-order valence-electron chi connectivity index (χ2n) is 6.53. The molecule has 1 aromatic rings. The number of rotatable bonds is 7. The first kappa shape index (κ1) is 19.5. The molecule has 24 heavy (non-hydrogen) atoms. The SMILES string of the molecule is CC1CCCN(CCCNC(=O)C(C)Oc2ccc(Cl)cc2Br)C1. The van der Waals surface area contributed by atoms with E-state index in [1.807, 2.05) is 0 Å². The van der Waals surface area contributed by atoms with Crippen molar-refractivity contribution in [1.29, 1.82) is 0 Å². The van der Waals surface area contributed by atoms with Gasteiger partial charge in [0, 0.05) is 18.1 Å². The Morgan fingerprint density at radius 3 is 3.04 bits per heavy atom. The molecule has 1 saturated heterocycles. The number of carbonyl (C=O) groups is 1. The Bertz CT molecular complexity index is 556. The fraction of sp³-hybridized carbons (Fsp3) is 0.611. The molecule has 0 aromatic heterocycles. The van der Waals surface area contributed by atoms with E-state index in [-0.39, 0.29) is 5.91 Å². The maximum atomic E-state index is 12.1. The lowest BCUT2D eigenvalue weighted by atomic mass is 10.0. The maximum absolute atomic E-state index is 12.1. The van der Waals surface area contributed by atoms with Crippen LogP contribution in [-0.4, -0.2) is 43.1 Å². The first-order valence-electron chi connectivity index (χ1n) is 8.57. The summed E-state index contributed by atoms with van der Waals surface area (Å²) in [5.74, 6) is 1.31. The number of benzene rings is 1.